The molecule has 2 atom stereocenters. The van der Waals surface area contributed by atoms with Crippen molar-refractivity contribution in [1.29, 1.82) is 0 Å². The van der Waals surface area contributed by atoms with Crippen LogP contribution in [-0.4, -0.2) is 37.2 Å². The number of hydrogen-bond acceptors (Lipinski definition) is 6. The van der Waals surface area contributed by atoms with E-state index in [1.54, 1.807) is 26.0 Å². The molecule has 0 aliphatic heterocycles. The molecule has 0 aliphatic rings. The lowest BCUT2D eigenvalue weighted by Gasteiger charge is -2.20. The van der Waals surface area contributed by atoms with Crippen LogP contribution >= 0.6 is 0 Å². The van der Waals surface area contributed by atoms with Crippen molar-refractivity contribution in [2.45, 2.75) is 46.1 Å². The number of methoxy groups -OCH3 is 2. The number of aliphatic carboxylic acids is 1. The molecular weight excluding hydrogens is 378 g/mol. The van der Waals surface area contributed by atoms with Crippen molar-refractivity contribution in [2.24, 2.45) is 5.92 Å². The Kier molecular flexibility index (Phi) is 7.25. The molecule has 1 aromatic heterocycles. The van der Waals surface area contributed by atoms with Crippen molar-refractivity contribution in [3.05, 3.63) is 33.7 Å². The third-order valence-corrected chi connectivity index (χ3v) is 5.20. The maximum Gasteiger partial charge on any atom is 0.339 e. The van der Waals surface area contributed by atoms with Crippen molar-refractivity contribution >= 4 is 22.8 Å². The number of rotatable bonds is 9. The lowest BCUT2D eigenvalue weighted by Crippen LogP contribution is -2.45. The van der Waals surface area contributed by atoms with Crippen molar-refractivity contribution in [1.82, 2.24) is 5.32 Å². The minimum absolute atomic E-state index is 0.0232. The van der Waals surface area contributed by atoms with Gasteiger partial charge < -0.3 is 24.3 Å². The van der Waals surface area contributed by atoms with E-state index in [1.165, 1.54) is 14.2 Å². The van der Waals surface area contributed by atoms with Gasteiger partial charge in [-0.1, -0.05) is 20.3 Å². The van der Waals surface area contributed by atoms with Crippen LogP contribution in [0.3, 0.4) is 0 Å². The first kappa shape index (κ1) is 22.3. The molecule has 0 spiro atoms. The van der Waals surface area contributed by atoms with Gasteiger partial charge in [-0.15, -0.1) is 0 Å². The van der Waals surface area contributed by atoms with Gasteiger partial charge >= 0.3 is 11.6 Å². The highest BCUT2D eigenvalue weighted by atomic mass is 16.5. The average molecular weight is 405 g/mol. The Bertz CT molecular complexity index is 964. The highest BCUT2D eigenvalue weighted by Crippen LogP contribution is 2.36. The molecule has 158 valence electrons. The summed E-state index contributed by atoms with van der Waals surface area (Å²) in [7, 11) is 2.95. The number of ether oxygens (including phenoxy) is 2. The summed E-state index contributed by atoms with van der Waals surface area (Å²) in [5.74, 6) is -0.933. The topological polar surface area (TPSA) is 115 Å². The third kappa shape index (κ3) is 4.70. The van der Waals surface area contributed by atoms with Gasteiger partial charge in [-0.25, -0.2) is 9.59 Å². The van der Waals surface area contributed by atoms with Crippen LogP contribution in [0.25, 0.3) is 11.0 Å². The van der Waals surface area contributed by atoms with Crippen LogP contribution in [0.5, 0.6) is 11.5 Å². The van der Waals surface area contributed by atoms with Crippen molar-refractivity contribution in [2.75, 3.05) is 14.2 Å². The van der Waals surface area contributed by atoms with Crippen molar-refractivity contribution in [3.63, 3.8) is 0 Å². The first-order valence-corrected chi connectivity index (χ1v) is 9.44. The molecule has 0 bridgehead atoms. The molecule has 0 saturated heterocycles. The largest absolute Gasteiger partial charge is 0.493 e. The molecule has 0 radical (unpaired) electrons. The summed E-state index contributed by atoms with van der Waals surface area (Å²) in [6, 6.07) is 2.52. The van der Waals surface area contributed by atoms with Gasteiger partial charge in [0.05, 0.1) is 14.2 Å². The highest BCUT2D eigenvalue weighted by molar-refractivity contribution is 5.89. The smallest absolute Gasteiger partial charge is 0.339 e. The number of carbonyl (C=O) groups excluding carboxylic acids is 1. The van der Waals surface area contributed by atoms with Gasteiger partial charge in [0.1, 0.15) is 6.04 Å². The Morgan fingerprint density at radius 2 is 1.93 bits per heavy atom. The van der Waals surface area contributed by atoms with E-state index in [0.29, 0.717) is 34.4 Å². The fourth-order valence-electron chi connectivity index (χ4n) is 3.22. The van der Waals surface area contributed by atoms with Gasteiger partial charge in [-0.2, -0.15) is 0 Å². The monoisotopic (exact) mass is 405 g/mol. The third-order valence-electron chi connectivity index (χ3n) is 5.20. The number of amides is 1. The molecule has 0 unspecified atom stereocenters. The maximum atomic E-state index is 12.5. The van der Waals surface area contributed by atoms with E-state index < -0.39 is 23.5 Å². The normalized spacial score (nSPS) is 13.0. The summed E-state index contributed by atoms with van der Waals surface area (Å²) in [4.78, 5) is 36.2. The van der Waals surface area contributed by atoms with Gasteiger partial charge in [0.25, 0.3) is 0 Å². The fourth-order valence-corrected chi connectivity index (χ4v) is 3.22. The molecule has 0 fully saturated rings. The van der Waals surface area contributed by atoms with Crippen LogP contribution in [0.1, 0.15) is 37.8 Å². The number of fused-ring (bicyclic) bond motifs is 1. The molecule has 0 saturated carbocycles. The molecule has 0 aliphatic carbocycles. The van der Waals surface area contributed by atoms with Gasteiger partial charge in [-0.05, 0) is 37.0 Å². The summed E-state index contributed by atoms with van der Waals surface area (Å²) >= 11 is 0. The first-order chi connectivity index (χ1) is 13.7. The Morgan fingerprint density at radius 3 is 2.48 bits per heavy atom. The molecule has 2 rings (SSSR count). The highest BCUT2D eigenvalue weighted by Gasteiger charge is 2.25. The van der Waals surface area contributed by atoms with E-state index >= 15 is 0 Å². The van der Waals surface area contributed by atoms with E-state index in [4.69, 9.17) is 13.9 Å². The minimum Gasteiger partial charge on any atom is -0.493 e. The number of benzene rings is 1. The summed E-state index contributed by atoms with van der Waals surface area (Å²) in [5.41, 5.74) is 0.772. The quantitative estimate of drug-likeness (QED) is 0.616. The standard InChI is InChI=1S/C21H27NO7/c1-6-11(2)17(20(24)25)22-16(23)10-8-14-12(3)13-7-9-15(27-4)19(28-5)18(13)29-21(14)26/h7,9,11,17H,6,8,10H2,1-5H3,(H,22,23)(H,24,25)/t11-,17-/m0/s1. The average Bonchev–Trinajstić information content (AvgIpc) is 2.69. The van der Waals surface area contributed by atoms with Crippen LogP contribution in [-0.2, 0) is 16.0 Å². The predicted molar refractivity (Wildman–Crippen MR) is 108 cm³/mol. The lowest BCUT2D eigenvalue weighted by molar-refractivity contribution is -0.143. The second kappa shape index (κ2) is 9.45. The molecule has 1 aromatic carbocycles. The number of carboxylic acid groups (broad SMARTS) is 1. The fraction of sp³-hybridized carbons (Fsp3) is 0.476. The Morgan fingerprint density at radius 1 is 1.24 bits per heavy atom. The van der Waals surface area contributed by atoms with Gasteiger partial charge in [0, 0.05) is 17.4 Å². The van der Waals surface area contributed by atoms with Gasteiger partial charge in [-0.3, -0.25) is 4.79 Å². The van der Waals surface area contributed by atoms with E-state index in [0.717, 1.165) is 0 Å². The summed E-state index contributed by atoms with van der Waals surface area (Å²) in [5, 5.41) is 12.5. The number of aryl methyl sites for hydroxylation is 1. The first-order valence-electron chi connectivity index (χ1n) is 9.44. The molecule has 2 N–H and O–H groups in total. The second-order valence-corrected chi connectivity index (χ2v) is 6.94. The van der Waals surface area contributed by atoms with Gasteiger partial charge in [0.2, 0.25) is 11.7 Å². The molecule has 8 nitrogen and oxygen atoms in total. The van der Waals surface area contributed by atoms with Crippen molar-refractivity contribution < 1.29 is 28.6 Å². The molecule has 2 aromatic rings. The van der Waals surface area contributed by atoms with E-state index in [1.807, 2.05) is 6.92 Å². The zero-order valence-electron chi connectivity index (χ0n) is 17.3. The van der Waals surface area contributed by atoms with Crippen molar-refractivity contribution in [3.8, 4) is 11.5 Å². The van der Waals surface area contributed by atoms with Crippen LogP contribution in [0.4, 0.5) is 0 Å². The summed E-state index contributed by atoms with van der Waals surface area (Å²) in [6.07, 6.45) is 0.734. The molecule has 1 amide bonds. The molecule has 29 heavy (non-hydrogen) atoms. The Hall–Kier alpha value is -3.03. The van der Waals surface area contributed by atoms with Gasteiger partial charge in [0.15, 0.2) is 11.3 Å². The Labute approximate surface area is 168 Å². The lowest BCUT2D eigenvalue weighted by atomic mass is 9.98. The summed E-state index contributed by atoms with van der Waals surface area (Å²) < 4.78 is 16.0. The van der Waals surface area contributed by atoms with E-state index in [9.17, 15) is 19.5 Å². The zero-order valence-corrected chi connectivity index (χ0v) is 17.3. The SMILES string of the molecule is CC[C@H](C)[C@H](NC(=O)CCc1c(C)c2ccc(OC)c(OC)c2oc1=O)C(=O)O. The summed E-state index contributed by atoms with van der Waals surface area (Å²) in [6.45, 7) is 5.40. The predicted octanol–water partition coefficient (Wildman–Crippen LogP) is 2.67. The number of nitrogens with one attached hydrogen (secondary N) is 1. The zero-order chi connectivity index (χ0) is 21.7. The number of hydrogen-bond donors (Lipinski definition) is 2. The van der Waals surface area contributed by atoms with Crippen LogP contribution in [0, 0.1) is 12.8 Å². The van der Waals surface area contributed by atoms with E-state index in [-0.39, 0.29) is 24.3 Å². The number of carboxylic acids is 1. The van der Waals surface area contributed by atoms with E-state index in [2.05, 4.69) is 5.32 Å². The second-order valence-electron chi connectivity index (χ2n) is 6.94. The maximum absolute atomic E-state index is 12.5. The van der Waals surface area contributed by atoms with Crippen LogP contribution in [0.2, 0.25) is 0 Å². The molecule has 8 heteroatoms. The molecular formula is C21H27NO7. The minimum atomic E-state index is -1.07. The van der Waals surface area contributed by atoms with Crippen LogP contribution < -0.4 is 20.4 Å². The molecule has 1 heterocycles. The van der Waals surface area contributed by atoms with Crippen LogP contribution in [0.15, 0.2) is 21.3 Å². The Balaban J connectivity index is 2.28. The number of carbonyl (C=O) groups is 2.